The zero-order valence-electron chi connectivity index (χ0n) is 84.6. The highest BCUT2D eigenvalue weighted by Crippen LogP contribution is 2.57. The summed E-state index contributed by atoms with van der Waals surface area (Å²) in [6.07, 6.45) is 2.65. The van der Waals surface area contributed by atoms with E-state index in [-0.39, 0.29) is 94.1 Å². The molecular weight excluding hydrogens is 2350 g/mol. The van der Waals surface area contributed by atoms with Gasteiger partial charge in [-0.2, -0.15) is 0 Å². The van der Waals surface area contributed by atoms with Crippen LogP contribution in [0.2, 0.25) is 60.3 Å². The minimum atomic E-state index is -0.520. The summed E-state index contributed by atoms with van der Waals surface area (Å²) in [7, 11) is -0.520. The first kappa shape index (κ1) is 112. The van der Waals surface area contributed by atoms with Crippen molar-refractivity contribution >= 4 is 296 Å². The maximum atomic E-state index is 12.3. The van der Waals surface area contributed by atoms with Gasteiger partial charge in [0.15, 0.2) is 24.0 Å². The summed E-state index contributed by atoms with van der Waals surface area (Å²) in [6.45, 7) is 52.7. The highest BCUT2D eigenvalue weighted by molar-refractivity contribution is 14.1. The summed E-state index contributed by atoms with van der Waals surface area (Å²) in [5.74, 6) is 2.79. The first-order valence-electron chi connectivity index (χ1n) is 47.4. The summed E-state index contributed by atoms with van der Waals surface area (Å²) in [4.78, 5) is 0.983. The molecule has 10 aromatic carbocycles. The van der Waals surface area contributed by atoms with E-state index in [4.69, 9.17) is 177 Å². The van der Waals surface area contributed by atoms with E-state index in [2.05, 4.69) is 326 Å². The van der Waals surface area contributed by atoms with E-state index in [9.17, 15) is 10.2 Å². The predicted molar refractivity (Wildman–Crippen MR) is 634 cm³/mol. The third kappa shape index (κ3) is 23.0. The number of thiophene rings is 3. The zero-order valence-corrected chi connectivity index (χ0v) is 100. The van der Waals surface area contributed by atoms with E-state index in [1.807, 2.05) is 17.7 Å². The van der Waals surface area contributed by atoms with Crippen LogP contribution in [-0.2, 0) is 46.5 Å². The Morgan fingerprint density at radius 2 is 0.583 bits per heavy atom. The Hall–Kier alpha value is -5.82. The standard InChI is InChI=1S/C64H62Cl6N2O4S2.C33H44BNO4S.C16H10Cl6I2O2/c1-61(2,3)33-15-19-43-37(25-33)38-26-34(62(4,5)6)16-20-44(38)71(43)47-31-77-59(57(47)73)51-49(29-41(65)53(67)55(51)69)75-23-13-14-24-76-50-30-42(66)54(68)56(70)52(50)60-58(74)48(32-78-60)72-45-21-17-35(63(7,8)9)27-39(45)40-28-36(64(10,11)12)18-22-46(40)72;1-12-36-20-37-28-27(19-40-29(28)34-38-32(8,9)33(10,11)39-34)35-25-15-13-21(30(2,3)4)17-23(25)24-18-22(31(5,6)7)14-16-26(24)35;17-7-5-9(15(23)13(21)11(7)19)25-3-1-2-4-26-10-6-8(18)12(20)14(22)16(10)24/h15-22,25-32,73-74H,13-14,23-24H2,1-12H3;13-19H,12,20H2,1-11H3;5-6H,1-4H2. The van der Waals surface area contributed by atoms with Gasteiger partial charge in [-0.3, -0.25) is 0 Å². The largest absolute Gasteiger partial charge is 0.509 e. The molecule has 7 heterocycles. The quantitative estimate of drug-likeness (QED) is 0.0151. The van der Waals surface area contributed by atoms with Crippen molar-refractivity contribution in [3.8, 4) is 78.2 Å². The average Bonchev–Trinajstić information content (AvgIpc) is 1.58. The van der Waals surface area contributed by atoms with Crippen molar-refractivity contribution in [2.75, 3.05) is 39.8 Å². The molecule has 31 heteroatoms. The molecule has 6 aromatic heterocycles. The van der Waals surface area contributed by atoms with Crippen LogP contribution in [-0.4, -0.2) is 82.1 Å². The van der Waals surface area contributed by atoms with E-state index in [1.54, 1.807) is 35.6 Å². The van der Waals surface area contributed by atoms with Gasteiger partial charge in [-0.1, -0.05) is 300 Å². The van der Waals surface area contributed by atoms with Crippen LogP contribution in [0.15, 0.2) is 150 Å². The lowest BCUT2D eigenvalue weighted by Crippen LogP contribution is -2.41. The number of aromatic hydroxyl groups is 2. The third-order valence-electron chi connectivity index (χ3n) is 26.4. The fourth-order valence-corrected chi connectivity index (χ4v) is 24.2. The first-order valence-corrected chi connectivity index (χ1v) is 56.8. The lowest BCUT2D eigenvalue weighted by Gasteiger charge is -2.32. The highest BCUT2D eigenvalue weighted by atomic mass is 127. The number of halogens is 14. The molecule has 0 atom stereocenters. The Morgan fingerprint density at radius 1 is 0.333 bits per heavy atom. The summed E-state index contributed by atoms with van der Waals surface area (Å²) < 4.78 is 58.3. The molecular formula is C113H116BCl12I2N3O10S3. The summed E-state index contributed by atoms with van der Waals surface area (Å²) in [5.41, 5.74) is 15.7. The Balaban J connectivity index is 0.000000195. The molecule has 1 aliphatic heterocycles. The smallest absolute Gasteiger partial charge is 0.504 e. The predicted octanol–water partition coefficient (Wildman–Crippen LogP) is 39.3. The molecule has 0 unspecified atom stereocenters. The highest BCUT2D eigenvalue weighted by Gasteiger charge is 2.54. The maximum Gasteiger partial charge on any atom is 0.509 e. The Kier molecular flexibility index (Phi) is 34.1. The fourth-order valence-electron chi connectivity index (χ4n) is 17.2. The van der Waals surface area contributed by atoms with Gasteiger partial charge in [0.05, 0.1) is 181 Å². The molecule has 0 bridgehead atoms. The van der Waals surface area contributed by atoms with Crippen LogP contribution in [0.5, 0.6) is 40.2 Å². The number of fused-ring (bicyclic) bond motifs is 9. The number of aromatic nitrogens is 3. The average molecular weight is 2460 g/mol. The molecule has 0 amide bonds. The van der Waals surface area contributed by atoms with Crippen LogP contribution < -0.4 is 28.5 Å². The summed E-state index contributed by atoms with van der Waals surface area (Å²) in [6, 6.07) is 46.7. The van der Waals surface area contributed by atoms with Crippen LogP contribution in [0.4, 0.5) is 0 Å². The number of ether oxygens (including phenoxy) is 6. The monoisotopic (exact) mass is 2460 g/mol. The van der Waals surface area contributed by atoms with Gasteiger partial charge in [0.25, 0.3) is 0 Å². The number of rotatable bonds is 24. The van der Waals surface area contributed by atoms with Gasteiger partial charge in [-0.25, -0.2) is 0 Å². The van der Waals surface area contributed by atoms with Crippen molar-refractivity contribution in [2.24, 2.45) is 0 Å². The van der Waals surface area contributed by atoms with Crippen LogP contribution in [0.3, 0.4) is 0 Å². The fraction of sp³-hybridized carbons (Fsp3) is 0.363. The van der Waals surface area contributed by atoms with E-state index in [0.717, 1.165) is 90.8 Å². The van der Waals surface area contributed by atoms with Gasteiger partial charge in [0, 0.05) is 79.3 Å². The number of unbranched alkanes of at least 4 members (excludes halogenated alkanes) is 2. The van der Waals surface area contributed by atoms with Crippen molar-refractivity contribution in [1.82, 2.24) is 13.7 Å². The third-order valence-corrected chi connectivity index (χ3v) is 37.1. The van der Waals surface area contributed by atoms with Gasteiger partial charge in [0.2, 0.25) is 0 Å². The minimum Gasteiger partial charge on any atom is -0.504 e. The van der Waals surface area contributed by atoms with Gasteiger partial charge < -0.3 is 61.6 Å². The van der Waals surface area contributed by atoms with Crippen molar-refractivity contribution in [2.45, 2.75) is 229 Å². The Morgan fingerprint density at radius 3 is 0.854 bits per heavy atom. The zero-order chi connectivity index (χ0) is 105. The normalized spacial score (nSPS) is 13.7. The SMILES string of the molecule is CC(C)(C)c1ccc2c(c1)c1cc(C(C)(C)C)ccc1n2-c1csc(-c2c(OCCCCOc3cc(Cl)c(Cl)c(Cl)c3-c3scc(-n4c5ccc(C(C)(C)C)cc5c5cc(C(C)(C)C)ccc54)c3O)cc(Cl)c(Cl)c2Cl)c1O.CCOCOc1c(-n2c3ccc(C(C)(C)C)cc3c3cc(C(C)(C)C)ccc32)csc1B1OC(C)(C)C(C)(C)O1.Clc1cc(OCCCCOc2cc(Cl)c(Cl)c(Cl)c2I)c(I)c(Cl)c1Cl. The van der Waals surface area contributed by atoms with Crippen molar-refractivity contribution in [3.05, 3.63) is 250 Å². The van der Waals surface area contributed by atoms with Crippen LogP contribution >= 0.6 is 218 Å². The van der Waals surface area contributed by atoms with Crippen LogP contribution in [0.25, 0.3) is 103 Å². The molecule has 0 spiro atoms. The molecule has 762 valence electrons. The topological polar surface area (TPSA) is 129 Å². The van der Waals surface area contributed by atoms with E-state index >= 15 is 0 Å². The molecule has 0 radical (unpaired) electrons. The molecule has 2 N–H and O–H groups in total. The minimum absolute atomic E-state index is 0.0385. The van der Waals surface area contributed by atoms with Crippen LogP contribution in [0, 0.1) is 7.14 Å². The van der Waals surface area contributed by atoms with Gasteiger partial charge in [-0.05, 0) is 244 Å². The summed E-state index contributed by atoms with van der Waals surface area (Å²) in [5, 5.41) is 40.8. The molecule has 1 aliphatic rings. The molecule has 1 fully saturated rings. The number of nitrogens with zero attached hydrogens (tertiary/aromatic N) is 3. The molecule has 144 heavy (non-hydrogen) atoms. The van der Waals surface area contributed by atoms with Crippen molar-refractivity contribution < 1.29 is 47.9 Å². The van der Waals surface area contributed by atoms with Crippen molar-refractivity contribution in [3.63, 3.8) is 0 Å². The van der Waals surface area contributed by atoms with E-state index < -0.39 is 18.3 Å². The second-order valence-corrected chi connectivity index (χ2v) is 52.8. The summed E-state index contributed by atoms with van der Waals surface area (Å²) >= 11 is 85.6. The van der Waals surface area contributed by atoms with E-state index in [1.165, 1.54) is 66.8 Å². The molecule has 0 saturated carbocycles. The first-order chi connectivity index (χ1) is 67.3. The van der Waals surface area contributed by atoms with Gasteiger partial charge >= 0.3 is 7.12 Å². The second-order valence-electron chi connectivity index (χ2n) is 43.3. The lowest BCUT2D eigenvalue weighted by atomic mass is 9.85. The number of benzene rings is 10. The maximum absolute atomic E-state index is 12.3. The van der Waals surface area contributed by atoms with Crippen molar-refractivity contribution in [1.29, 1.82) is 0 Å². The van der Waals surface area contributed by atoms with Gasteiger partial charge in [0.1, 0.15) is 23.0 Å². The molecule has 13 nitrogen and oxygen atoms in total. The second kappa shape index (κ2) is 43.7. The van der Waals surface area contributed by atoms with Gasteiger partial charge in [-0.15, -0.1) is 34.0 Å². The van der Waals surface area contributed by atoms with E-state index in [0.29, 0.717) is 118 Å². The molecule has 17 rings (SSSR count). The lowest BCUT2D eigenvalue weighted by molar-refractivity contribution is 0.00578. The Labute approximate surface area is 944 Å². The molecule has 16 aromatic rings. The van der Waals surface area contributed by atoms with Crippen LogP contribution in [0.1, 0.15) is 218 Å². The number of hydrogen-bond acceptors (Lipinski definition) is 13. The Bertz CT molecular complexity index is 7070. The molecule has 1 saturated heterocycles. The number of hydrogen-bond donors (Lipinski definition) is 2. The molecule has 0 aliphatic carbocycles.